The highest BCUT2D eigenvalue weighted by atomic mass is 19.3. The molecule has 1 rings (SSSR count). The zero-order chi connectivity index (χ0) is 10.0. The minimum atomic E-state index is -2.96. The van der Waals surface area contributed by atoms with E-state index < -0.39 is 30.4 Å². The largest absolute Gasteiger partial charge is 0.491 e. The molecule has 13 heavy (non-hydrogen) atoms. The van der Waals surface area contributed by atoms with Crippen molar-refractivity contribution in [1.82, 2.24) is 0 Å². The Morgan fingerprint density at radius 2 is 1.85 bits per heavy atom. The molecule has 1 aromatic rings. The number of benzene rings is 1. The fourth-order valence-corrected chi connectivity index (χ4v) is 0.936. The van der Waals surface area contributed by atoms with Crippen LogP contribution in [-0.4, -0.2) is 17.2 Å². The smallest absolute Gasteiger partial charge is 0.423 e. The van der Waals surface area contributed by atoms with Crippen LogP contribution in [0.15, 0.2) is 18.2 Å². The average Bonchev–Trinajstić information content (AvgIpc) is 2.03. The maximum absolute atomic E-state index is 13.0. The highest BCUT2D eigenvalue weighted by Gasteiger charge is 2.22. The molecule has 0 heterocycles. The fourth-order valence-electron chi connectivity index (χ4n) is 0.936. The summed E-state index contributed by atoms with van der Waals surface area (Å²) in [5.41, 5.74) is -1.37. The van der Waals surface area contributed by atoms with E-state index in [-0.39, 0.29) is 0 Å². The Kier molecular flexibility index (Phi) is 2.95. The van der Waals surface area contributed by atoms with Crippen LogP contribution in [0.25, 0.3) is 0 Å². The van der Waals surface area contributed by atoms with Gasteiger partial charge >= 0.3 is 7.12 Å². The second kappa shape index (κ2) is 3.80. The van der Waals surface area contributed by atoms with Gasteiger partial charge in [-0.15, -0.1) is 0 Å². The molecule has 0 aliphatic carbocycles. The molecule has 0 saturated heterocycles. The van der Waals surface area contributed by atoms with Gasteiger partial charge in [0.05, 0.1) is 5.56 Å². The van der Waals surface area contributed by atoms with E-state index in [1.807, 2.05) is 0 Å². The van der Waals surface area contributed by atoms with Crippen LogP contribution in [0.4, 0.5) is 13.2 Å². The van der Waals surface area contributed by atoms with Crippen LogP contribution in [0.3, 0.4) is 0 Å². The van der Waals surface area contributed by atoms with Crippen LogP contribution in [-0.2, 0) is 0 Å². The molecule has 0 bridgehead atoms. The van der Waals surface area contributed by atoms with E-state index in [0.717, 1.165) is 18.2 Å². The SMILES string of the molecule is OB(O)c1cccc(C(F)F)c1F. The van der Waals surface area contributed by atoms with Gasteiger partial charge in [0.1, 0.15) is 5.82 Å². The predicted molar refractivity (Wildman–Crippen MR) is 41.2 cm³/mol. The molecule has 0 spiro atoms. The van der Waals surface area contributed by atoms with E-state index in [0.29, 0.717) is 0 Å². The van der Waals surface area contributed by atoms with E-state index in [2.05, 4.69) is 0 Å². The Morgan fingerprint density at radius 1 is 1.23 bits per heavy atom. The molecule has 0 aromatic heterocycles. The lowest BCUT2D eigenvalue weighted by Crippen LogP contribution is -2.33. The minimum absolute atomic E-state index is 0.544. The van der Waals surface area contributed by atoms with Crippen molar-refractivity contribution in [2.75, 3.05) is 0 Å². The Hall–Kier alpha value is -1.01. The van der Waals surface area contributed by atoms with Gasteiger partial charge in [0, 0.05) is 5.46 Å². The van der Waals surface area contributed by atoms with E-state index in [4.69, 9.17) is 10.0 Å². The molecule has 0 atom stereocenters. The summed E-state index contributed by atoms with van der Waals surface area (Å²) in [6.07, 6.45) is -2.96. The van der Waals surface area contributed by atoms with E-state index in [1.54, 1.807) is 0 Å². The molecule has 0 radical (unpaired) electrons. The molecule has 0 aliphatic heterocycles. The zero-order valence-corrected chi connectivity index (χ0v) is 6.42. The molecule has 0 saturated carbocycles. The number of halogens is 3. The van der Waals surface area contributed by atoms with Gasteiger partial charge in [0.2, 0.25) is 0 Å². The summed E-state index contributed by atoms with van der Waals surface area (Å²) in [4.78, 5) is 0. The first kappa shape index (κ1) is 10.1. The van der Waals surface area contributed by atoms with Gasteiger partial charge in [-0.2, -0.15) is 0 Å². The molecular formula is C7H6BF3O2. The lowest BCUT2D eigenvalue weighted by atomic mass is 9.79. The van der Waals surface area contributed by atoms with Crippen molar-refractivity contribution in [2.45, 2.75) is 6.43 Å². The number of hydrogen-bond acceptors (Lipinski definition) is 2. The van der Waals surface area contributed by atoms with E-state index >= 15 is 0 Å². The molecule has 0 unspecified atom stereocenters. The fraction of sp³-hybridized carbons (Fsp3) is 0.143. The Bertz CT molecular complexity index is 278. The number of rotatable bonds is 2. The third kappa shape index (κ3) is 2.02. The first-order valence-corrected chi connectivity index (χ1v) is 3.46. The lowest BCUT2D eigenvalue weighted by Gasteiger charge is -2.05. The summed E-state index contributed by atoms with van der Waals surface area (Å²) in [5.74, 6) is -1.27. The normalized spacial score (nSPS) is 10.6. The lowest BCUT2D eigenvalue weighted by molar-refractivity contribution is 0.146. The van der Waals surface area contributed by atoms with Crippen molar-refractivity contribution in [3.8, 4) is 0 Å². The maximum atomic E-state index is 13.0. The molecule has 70 valence electrons. The molecule has 0 fully saturated rings. The van der Waals surface area contributed by atoms with Crippen LogP contribution in [0, 0.1) is 5.82 Å². The van der Waals surface area contributed by atoms with Gasteiger partial charge in [0.15, 0.2) is 0 Å². The first-order chi connectivity index (χ1) is 6.04. The summed E-state index contributed by atoms with van der Waals surface area (Å²) in [6.45, 7) is 0. The van der Waals surface area contributed by atoms with Crippen LogP contribution < -0.4 is 5.46 Å². The van der Waals surface area contributed by atoms with Crippen molar-refractivity contribution in [2.24, 2.45) is 0 Å². The van der Waals surface area contributed by atoms with E-state index in [1.165, 1.54) is 0 Å². The van der Waals surface area contributed by atoms with Gasteiger partial charge in [-0.3, -0.25) is 0 Å². The molecule has 0 aliphatic rings. The highest BCUT2D eigenvalue weighted by Crippen LogP contribution is 2.20. The summed E-state index contributed by atoms with van der Waals surface area (Å²) >= 11 is 0. The van der Waals surface area contributed by atoms with Gasteiger partial charge in [-0.05, 0) is 0 Å². The topological polar surface area (TPSA) is 40.5 Å². The van der Waals surface area contributed by atoms with E-state index in [9.17, 15) is 13.2 Å². The first-order valence-electron chi connectivity index (χ1n) is 3.46. The quantitative estimate of drug-likeness (QED) is 0.664. The second-order valence-electron chi connectivity index (χ2n) is 2.42. The standard InChI is InChI=1S/C7H6BF3O2/c9-6-4(7(10)11)2-1-3-5(6)8(12)13/h1-3,7,12-13H. The Morgan fingerprint density at radius 3 is 2.31 bits per heavy atom. The number of hydrogen-bond donors (Lipinski definition) is 2. The van der Waals surface area contributed by atoms with Gasteiger partial charge in [-0.1, -0.05) is 18.2 Å². The second-order valence-corrected chi connectivity index (χ2v) is 2.42. The van der Waals surface area contributed by atoms with Crippen LogP contribution >= 0.6 is 0 Å². The third-order valence-corrected chi connectivity index (χ3v) is 1.57. The van der Waals surface area contributed by atoms with Crippen LogP contribution in [0.5, 0.6) is 0 Å². The summed E-state index contributed by atoms with van der Waals surface area (Å²) < 4.78 is 37.1. The van der Waals surface area contributed by atoms with Gasteiger partial charge < -0.3 is 10.0 Å². The highest BCUT2D eigenvalue weighted by molar-refractivity contribution is 6.58. The predicted octanol–water partition coefficient (Wildman–Crippen LogP) is 0.443. The third-order valence-electron chi connectivity index (χ3n) is 1.57. The van der Waals surface area contributed by atoms with Crippen LogP contribution in [0.1, 0.15) is 12.0 Å². The Balaban J connectivity index is 3.18. The van der Waals surface area contributed by atoms with Gasteiger partial charge in [-0.25, -0.2) is 13.2 Å². The monoisotopic (exact) mass is 190 g/mol. The molecule has 2 N–H and O–H groups in total. The van der Waals surface area contributed by atoms with Gasteiger partial charge in [0.25, 0.3) is 6.43 Å². The zero-order valence-electron chi connectivity index (χ0n) is 6.42. The Labute approximate surface area is 72.8 Å². The van der Waals surface area contributed by atoms with Crippen molar-refractivity contribution in [3.05, 3.63) is 29.6 Å². The summed E-state index contributed by atoms with van der Waals surface area (Å²) in [5, 5.41) is 17.2. The number of alkyl halides is 2. The molecular weight excluding hydrogens is 184 g/mol. The maximum Gasteiger partial charge on any atom is 0.491 e. The van der Waals surface area contributed by atoms with Crippen molar-refractivity contribution < 1.29 is 23.2 Å². The molecule has 1 aromatic carbocycles. The van der Waals surface area contributed by atoms with Crippen molar-refractivity contribution >= 4 is 12.6 Å². The van der Waals surface area contributed by atoms with Crippen molar-refractivity contribution in [1.29, 1.82) is 0 Å². The average molecular weight is 190 g/mol. The molecule has 0 amide bonds. The van der Waals surface area contributed by atoms with Crippen molar-refractivity contribution in [3.63, 3.8) is 0 Å². The summed E-state index contributed by atoms with van der Waals surface area (Å²) in [7, 11) is -2.07. The molecule has 2 nitrogen and oxygen atoms in total. The van der Waals surface area contributed by atoms with Crippen LogP contribution in [0.2, 0.25) is 0 Å². The summed E-state index contributed by atoms with van der Waals surface area (Å²) in [6, 6.07) is 3.07. The molecule has 6 heteroatoms. The minimum Gasteiger partial charge on any atom is -0.423 e.